The molecular formula is C30H18BrNS. The summed E-state index contributed by atoms with van der Waals surface area (Å²) < 4.78 is 6.21. The third-order valence-corrected chi connectivity index (χ3v) is 8.54. The number of hydrogen-bond donors (Lipinski definition) is 0. The van der Waals surface area contributed by atoms with Crippen molar-refractivity contribution >= 4 is 69.2 Å². The normalized spacial score (nSPS) is 11.8. The second-order valence-corrected chi connectivity index (χ2v) is 10.2. The third kappa shape index (κ3) is 2.83. The van der Waals surface area contributed by atoms with Crippen LogP contribution < -0.4 is 0 Å². The number of fused-ring (bicyclic) bond motifs is 7. The van der Waals surface area contributed by atoms with Crippen LogP contribution >= 0.6 is 27.3 Å². The minimum absolute atomic E-state index is 1.16. The van der Waals surface area contributed by atoms with E-state index in [1.807, 2.05) is 11.3 Å². The molecule has 0 aliphatic heterocycles. The molecule has 156 valence electrons. The minimum Gasteiger partial charge on any atom is -0.309 e. The van der Waals surface area contributed by atoms with Gasteiger partial charge in [0, 0.05) is 36.4 Å². The minimum atomic E-state index is 1.16. The van der Waals surface area contributed by atoms with Crippen LogP contribution in [0.3, 0.4) is 0 Å². The highest BCUT2D eigenvalue weighted by Crippen LogP contribution is 2.46. The van der Waals surface area contributed by atoms with Crippen molar-refractivity contribution in [1.29, 1.82) is 0 Å². The number of para-hydroxylation sites is 1. The predicted octanol–water partition coefficient (Wildman–Crippen LogP) is 9.58. The summed E-state index contributed by atoms with van der Waals surface area (Å²) in [5.74, 6) is 0. The SMILES string of the molecule is Brc1cc2c3cc(-c4ccccc4)ccc3n(-c3ccccc3)c2c2c1sc1ccccc12. The topological polar surface area (TPSA) is 4.93 Å². The lowest BCUT2D eigenvalue weighted by atomic mass is 10.0. The van der Waals surface area contributed by atoms with E-state index in [0.717, 1.165) is 4.47 Å². The van der Waals surface area contributed by atoms with E-state index in [4.69, 9.17) is 0 Å². The van der Waals surface area contributed by atoms with Crippen molar-refractivity contribution in [2.24, 2.45) is 0 Å². The highest BCUT2D eigenvalue weighted by molar-refractivity contribution is 9.10. The number of hydrogen-bond acceptors (Lipinski definition) is 1. The van der Waals surface area contributed by atoms with Crippen LogP contribution in [0.2, 0.25) is 0 Å². The summed E-state index contributed by atoms with van der Waals surface area (Å²) in [6, 6.07) is 39.3. The number of nitrogens with zero attached hydrogens (tertiary/aromatic N) is 1. The fourth-order valence-electron chi connectivity index (χ4n) is 5.00. The maximum atomic E-state index is 3.91. The summed E-state index contributed by atoms with van der Waals surface area (Å²) in [6.07, 6.45) is 0. The molecule has 1 nitrogen and oxygen atoms in total. The lowest BCUT2D eigenvalue weighted by Gasteiger charge is -2.09. The van der Waals surface area contributed by atoms with Gasteiger partial charge in [-0.05, 0) is 63.5 Å². The molecule has 0 atom stereocenters. The standard InChI is InChI=1S/C30H18BrNS/c31-25-18-24-23-17-20(19-9-3-1-4-10-19)15-16-26(23)32(21-11-5-2-6-12-21)29(24)28-22-13-7-8-14-27(22)33-30(25)28/h1-18H. The van der Waals surface area contributed by atoms with Crippen LogP contribution in [0, 0.1) is 0 Å². The molecule has 0 aliphatic carbocycles. The molecule has 0 spiro atoms. The molecule has 0 radical (unpaired) electrons. The van der Waals surface area contributed by atoms with Crippen LogP contribution in [0.1, 0.15) is 0 Å². The Morgan fingerprint density at radius 2 is 1.33 bits per heavy atom. The molecule has 33 heavy (non-hydrogen) atoms. The lowest BCUT2D eigenvalue weighted by Crippen LogP contribution is -1.93. The van der Waals surface area contributed by atoms with Gasteiger partial charge in [0.2, 0.25) is 0 Å². The third-order valence-electron chi connectivity index (χ3n) is 6.45. The fourth-order valence-corrected chi connectivity index (χ4v) is 6.79. The molecule has 0 unspecified atom stereocenters. The Morgan fingerprint density at radius 1 is 0.606 bits per heavy atom. The Kier molecular flexibility index (Phi) is 4.23. The Morgan fingerprint density at radius 3 is 2.15 bits per heavy atom. The average molecular weight is 504 g/mol. The van der Waals surface area contributed by atoms with Crippen molar-refractivity contribution < 1.29 is 0 Å². The van der Waals surface area contributed by atoms with Crippen molar-refractivity contribution in [3.8, 4) is 16.8 Å². The molecule has 0 saturated heterocycles. The zero-order valence-electron chi connectivity index (χ0n) is 17.6. The van der Waals surface area contributed by atoms with E-state index in [2.05, 4.69) is 130 Å². The second-order valence-electron chi connectivity index (χ2n) is 8.33. The molecule has 0 aliphatic rings. The van der Waals surface area contributed by atoms with E-state index in [1.165, 1.54) is 58.8 Å². The molecule has 0 N–H and O–H groups in total. The summed E-state index contributed by atoms with van der Waals surface area (Å²) in [7, 11) is 0. The molecule has 3 heteroatoms. The highest BCUT2D eigenvalue weighted by Gasteiger charge is 2.20. The first kappa shape index (κ1) is 19.1. The van der Waals surface area contributed by atoms with Crippen LogP contribution in [0.4, 0.5) is 0 Å². The van der Waals surface area contributed by atoms with Crippen molar-refractivity contribution in [2.45, 2.75) is 0 Å². The Bertz CT molecular complexity index is 1810. The first-order valence-corrected chi connectivity index (χ1v) is 12.6. The Hall–Kier alpha value is -3.40. The number of halogens is 1. The van der Waals surface area contributed by atoms with Crippen LogP contribution in [-0.2, 0) is 0 Å². The van der Waals surface area contributed by atoms with Gasteiger partial charge in [0.25, 0.3) is 0 Å². The zero-order valence-corrected chi connectivity index (χ0v) is 20.0. The van der Waals surface area contributed by atoms with Crippen LogP contribution in [0.5, 0.6) is 0 Å². The molecule has 5 aromatic carbocycles. The van der Waals surface area contributed by atoms with Gasteiger partial charge in [-0.15, -0.1) is 11.3 Å². The fraction of sp³-hybridized carbons (Fsp3) is 0. The van der Waals surface area contributed by atoms with Crippen molar-refractivity contribution in [3.05, 3.63) is 114 Å². The Labute approximate surface area is 203 Å². The van der Waals surface area contributed by atoms with Gasteiger partial charge in [-0.25, -0.2) is 0 Å². The molecule has 2 heterocycles. The first-order valence-electron chi connectivity index (χ1n) is 11.0. The monoisotopic (exact) mass is 503 g/mol. The quantitative estimate of drug-likeness (QED) is 0.221. The van der Waals surface area contributed by atoms with Gasteiger partial charge in [0.05, 0.1) is 15.7 Å². The number of benzene rings is 5. The second kappa shape index (κ2) is 7.31. The maximum absolute atomic E-state index is 3.91. The van der Waals surface area contributed by atoms with Crippen LogP contribution in [0.25, 0.3) is 58.8 Å². The number of rotatable bonds is 2. The summed E-state index contributed by atoms with van der Waals surface area (Å²) in [5.41, 5.74) is 6.16. The van der Waals surface area contributed by atoms with Crippen LogP contribution in [0.15, 0.2) is 114 Å². The average Bonchev–Trinajstić information content (AvgIpc) is 3.41. The van der Waals surface area contributed by atoms with Gasteiger partial charge in [-0.1, -0.05) is 72.8 Å². The van der Waals surface area contributed by atoms with E-state index < -0.39 is 0 Å². The summed E-state index contributed by atoms with van der Waals surface area (Å²) in [5, 5.41) is 5.18. The van der Waals surface area contributed by atoms with Crippen LogP contribution in [-0.4, -0.2) is 4.57 Å². The van der Waals surface area contributed by atoms with E-state index in [0.29, 0.717) is 0 Å². The molecule has 7 rings (SSSR count). The molecule has 0 bridgehead atoms. The summed E-state index contributed by atoms with van der Waals surface area (Å²) >= 11 is 5.77. The highest BCUT2D eigenvalue weighted by atomic mass is 79.9. The largest absolute Gasteiger partial charge is 0.309 e. The molecule has 2 aromatic heterocycles. The van der Waals surface area contributed by atoms with Gasteiger partial charge in [0.1, 0.15) is 0 Å². The van der Waals surface area contributed by atoms with Gasteiger partial charge in [-0.3, -0.25) is 0 Å². The predicted molar refractivity (Wildman–Crippen MR) is 147 cm³/mol. The van der Waals surface area contributed by atoms with E-state index >= 15 is 0 Å². The lowest BCUT2D eigenvalue weighted by molar-refractivity contribution is 1.19. The van der Waals surface area contributed by atoms with Crippen molar-refractivity contribution in [1.82, 2.24) is 4.57 Å². The van der Waals surface area contributed by atoms with E-state index in [-0.39, 0.29) is 0 Å². The van der Waals surface area contributed by atoms with Gasteiger partial charge >= 0.3 is 0 Å². The molecule has 0 fully saturated rings. The summed E-state index contributed by atoms with van der Waals surface area (Å²) in [6.45, 7) is 0. The van der Waals surface area contributed by atoms with Gasteiger partial charge in [0.15, 0.2) is 0 Å². The molecule has 7 aromatic rings. The maximum Gasteiger partial charge on any atom is 0.0635 e. The van der Waals surface area contributed by atoms with Crippen molar-refractivity contribution in [2.75, 3.05) is 0 Å². The molecule has 0 amide bonds. The van der Waals surface area contributed by atoms with E-state index in [1.54, 1.807) is 0 Å². The first-order chi connectivity index (χ1) is 16.3. The van der Waals surface area contributed by atoms with E-state index in [9.17, 15) is 0 Å². The van der Waals surface area contributed by atoms with Gasteiger partial charge in [-0.2, -0.15) is 0 Å². The van der Waals surface area contributed by atoms with Gasteiger partial charge < -0.3 is 4.57 Å². The zero-order chi connectivity index (χ0) is 21.9. The number of thiophene rings is 1. The Balaban J connectivity index is 1.72. The smallest absolute Gasteiger partial charge is 0.0635 e. The molecular weight excluding hydrogens is 486 g/mol. The summed E-state index contributed by atoms with van der Waals surface area (Å²) in [4.78, 5) is 0. The number of aromatic nitrogens is 1. The van der Waals surface area contributed by atoms with Crippen molar-refractivity contribution in [3.63, 3.8) is 0 Å². The molecule has 0 saturated carbocycles.